The molecule has 2 atom stereocenters. The number of halogens is 3. The zero-order valence-electron chi connectivity index (χ0n) is 13.0. The molecule has 0 unspecified atom stereocenters. The highest BCUT2D eigenvalue weighted by Crippen LogP contribution is 2.30. The Labute approximate surface area is 137 Å². The summed E-state index contributed by atoms with van der Waals surface area (Å²) in [7, 11) is 0. The van der Waals surface area contributed by atoms with Crippen LogP contribution in [0.25, 0.3) is 0 Å². The van der Waals surface area contributed by atoms with Gasteiger partial charge < -0.3 is 14.7 Å². The SMILES string of the molecule is C[C@H](Cc1cccc(C(F)(F)F)c1)C(=O)N1CCO[C@@H](C(=O)O)C1. The van der Waals surface area contributed by atoms with E-state index in [2.05, 4.69) is 0 Å². The molecule has 8 heteroatoms. The molecule has 0 radical (unpaired) electrons. The second kappa shape index (κ2) is 7.21. The number of carbonyl (C=O) groups is 2. The normalized spacial score (nSPS) is 19.8. The van der Waals surface area contributed by atoms with Crippen molar-refractivity contribution in [2.45, 2.75) is 25.6 Å². The third kappa shape index (κ3) is 4.47. The molecule has 1 aliphatic rings. The van der Waals surface area contributed by atoms with Crippen LogP contribution in [0.15, 0.2) is 24.3 Å². The van der Waals surface area contributed by atoms with E-state index in [1.807, 2.05) is 0 Å². The van der Waals surface area contributed by atoms with Gasteiger partial charge in [-0.15, -0.1) is 0 Å². The summed E-state index contributed by atoms with van der Waals surface area (Å²) in [6.07, 6.45) is -5.34. The summed E-state index contributed by atoms with van der Waals surface area (Å²) in [5.41, 5.74) is -0.342. The highest BCUT2D eigenvalue weighted by atomic mass is 19.4. The number of rotatable bonds is 4. The first-order valence-corrected chi connectivity index (χ1v) is 7.48. The van der Waals surface area contributed by atoms with E-state index in [1.165, 1.54) is 11.0 Å². The van der Waals surface area contributed by atoms with Crippen molar-refractivity contribution in [3.63, 3.8) is 0 Å². The molecule has 0 aromatic heterocycles. The van der Waals surface area contributed by atoms with Gasteiger partial charge in [-0.05, 0) is 18.1 Å². The van der Waals surface area contributed by atoms with Crippen LogP contribution in [-0.2, 0) is 26.9 Å². The predicted molar refractivity (Wildman–Crippen MR) is 78.3 cm³/mol. The number of benzene rings is 1. The Morgan fingerprint density at radius 3 is 2.75 bits per heavy atom. The Morgan fingerprint density at radius 1 is 1.42 bits per heavy atom. The Hall–Kier alpha value is -2.09. The highest BCUT2D eigenvalue weighted by molar-refractivity contribution is 5.80. The van der Waals surface area contributed by atoms with E-state index in [4.69, 9.17) is 9.84 Å². The number of amides is 1. The second-order valence-corrected chi connectivity index (χ2v) is 5.79. The highest BCUT2D eigenvalue weighted by Gasteiger charge is 2.32. The van der Waals surface area contributed by atoms with Crippen LogP contribution >= 0.6 is 0 Å². The fourth-order valence-electron chi connectivity index (χ4n) is 2.63. The molecule has 1 aliphatic heterocycles. The third-order valence-corrected chi connectivity index (χ3v) is 3.87. The van der Waals surface area contributed by atoms with Gasteiger partial charge in [-0.1, -0.05) is 25.1 Å². The number of carboxylic acids is 1. The van der Waals surface area contributed by atoms with Crippen molar-refractivity contribution in [2.24, 2.45) is 5.92 Å². The quantitative estimate of drug-likeness (QED) is 0.908. The van der Waals surface area contributed by atoms with E-state index >= 15 is 0 Å². The summed E-state index contributed by atoms with van der Waals surface area (Å²) in [5, 5.41) is 8.95. The number of aliphatic carboxylic acids is 1. The predicted octanol–water partition coefficient (Wildman–Crippen LogP) is 2.20. The monoisotopic (exact) mass is 345 g/mol. The summed E-state index contributed by atoms with van der Waals surface area (Å²) in [4.78, 5) is 24.7. The summed E-state index contributed by atoms with van der Waals surface area (Å²) >= 11 is 0. The maximum Gasteiger partial charge on any atom is 0.416 e. The zero-order valence-corrected chi connectivity index (χ0v) is 13.0. The standard InChI is InChI=1S/C16H18F3NO4/c1-10(7-11-3-2-4-12(8-11)16(17,18)19)14(21)20-5-6-24-13(9-20)15(22)23/h2-4,8,10,13H,5-7,9H2,1H3,(H,22,23)/t10-,13-/m1/s1. The van der Waals surface area contributed by atoms with Crippen LogP contribution in [0.5, 0.6) is 0 Å². The van der Waals surface area contributed by atoms with Gasteiger partial charge in [0.2, 0.25) is 5.91 Å². The minimum absolute atomic E-state index is 0.0545. The molecule has 0 saturated carbocycles. The van der Waals surface area contributed by atoms with Gasteiger partial charge in [0.05, 0.1) is 18.7 Å². The number of morpholine rings is 1. The van der Waals surface area contributed by atoms with E-state index in [0.29, 0.717) is 5.56 Å². The van der Waals surface area contributed by atoms with Gasteiger partial charge in [0.15, 0.2) is 6.10 Å². The average Bonchev–Trinajstić information content (AvgIpc) is 2.53. The van der Waals surface area contributed by atoms with Crippen LogP contribution in [0.2, 0.25) is 0 Å². The minimum atomic E-state index is -4.43. The summed E-state index contributed by atoms with van der Waals surface area (Å²) < 4.78 is 43.2. The van der Waals surface area contributed by atoms with Gasteiger partial charge in [-0.3, -0.25) is 4.79 Å². The van der Waals surface area contributed by atoms with Gasteiger partial charge >= 0.3 is 12.1 Å². The van der Waals surface area contributed by atoms with Crippen LogP contribution < -0.4 is 0 Å². The number of ether oxygens (including phenoxy) is 1. The smallest absolute Gasteiger partial charge is 0.416 e. The van der Waals surface area contributed by atoms with E-state index in [1.54, 1.807) is 13.0 Å². The molecule has 24 heavy (non-hydrogen) atoms. The molecule has 1 fully saturated rings. The van der Waals surface area contributed by atoms with Gasteiger partial charge in [0.1, 0.15) is 0 Å². The van der Waals surface area contributed by atoms with Crippen LogP contribution in [-0.4, -0.2) is 47.7 Å². The molecule has 1 amide bonds. The van der Waals surface area contributed by atoms with Crippen LogP contribution in [0.1, 0.15) is 18.1 Å². The lowest BCUT2D eigenvalue weighted by Crippen LogP contribution is -2.50. The average molecular weight is 345 g/mol. The molecule has 0 spiro atoms. The maximum atomic E-state index is 12.7. The fourth-order valence-corrected chi connectivity index (χ4v) is 2.63. The third-order valence-electron chi connectivity index (χ3n) is 3.87. The summed E-state index contributed by atoms with van der Waals surface area (Å²) in [5.74, 6) is -1.99. The summed E-state index contributed by atoms with van der Waals surface area (Å²) in [6.45, 7) is 1.96. The maximum absolute atomic E-state index is 12.7. The summed E-state index contributed by atoms with van der Waals surface area (Å²) in [6, 6.07) is 4.86. The number of hydrogen-bond acceptors (Lipinski definition) is 3. The fraction of sp³-hybridized carbons (Fsp3) is 0.500. The number of nitrogens with zero attached hydrogens (tertiary/aromatic N) is 1. The number of carboxylic acid groups (broad SMARTS) is 1. The molecule has 1 aromatic carbocycles. The Bertz CT molecular complexity index is 618. The topological polar surface area (TPSA) is 66.8 Å². The van der Waals surface area contributed by atoms with Gasteiger partial charge in [-0.2, -0.15) is 13.2 Å². The van der Waals surface area contributed by atoms with Crippen molar-refractivity contribution in [1.82, 2.24) is 4.90 Å². The van der Waals surface area contributed by atoms with E-state index < -0.39 is 29.7 Å². The first kappa shape index (κ1) is 18.3. The first-order valence-electron chi connectivity index (χ1n) is 7.48. The number of alkyl halides is 3. The van der Waals surface area contributed by atoms with Crippen molar-refractivity contribution in [3.8, 4) is 0 Å². The lowest BCUT2D eigenvalue weighted by Gasteiger charge is -2.32. The molecule has 1 N–H and O–H groups in total. The molecule has 1 aromatic rings. The number of carbonyl (C=O) groups excluding carboxylic acids is 1. The van der Waals surface area contributed by atoms with Crippen molar-refractivity contribution in [1.29, 1.82) is 0 Å². The van der Waals surface area contributed by atoms with Crippen molar-refractivity contribution >= 4 is 11.9 Å². The lowest BCUT2D eigenvalue weighted by molar-refractivity contribution is -0.160. The van der Waals surface area contributed by atoms with E-state index in [0.717, 1.165) is 12.1 Å². The molecular weight excluding hydrogens is 327 g/mol. The van der Waals surface area contributed by atoms with E-state index in [-0.39, 0.29) is 32.0 Å². The van der Waals surface area contributed by atoms with Crippen LogP contribution in [0, 0.1) is 5.92 Å². The zero-order chi connectivity index (χ0) is 17.9. The lowest BCUT2D eigenvalue weighted by atomic mass is 9.98. The second-order valence-electron chi connectivity index (χ2n) is 5.79. The molecular formula is C16H18F3NO4. The molecule has 1 heterocycles. The number of hydrogen-bond donors (Lipinski definition) is 1. The molecule has 2 rings (SSSR count). The molecule has 0 bridgehead atoms. The van der Waals surface area contributed by atoms with E-state index in [9.17, 15) is 22.8 Å². The van der Waals surface area contributed by atoms with Gasteiger partial charge in [-0.25, -0.2) is 4.79 Å². The molecule has 5 nitrogen and oxygen atoms in total. The van der Waals surface area contributed by atoms with Crippen molar-refractivity contribution in [2.75, 3.05) is 19.7 Å². The largest absolute Gasteiger partial charge is 0.479 e. The molecule has 0 aliphatic carbocycles. The van der Waals surface area contributed by atoms with Crippen LogP contribution in [0.4, 0.5) is 13.2 Å². The van der Waals surface area contributed by atoms with Crippen LogP contribution in [0.3, 0.4) is 0 Å². The molecule has 1 saturated heterocycles. The Kier molecular flexibility index (Phi) is 5.48. The minimum Gasteiger partial charge on any atom is -0.479 e. The van der Waals surface area contributed by atoms with Gasteiger partial charge in [0.25, 0.3) is 0 Å². The first-order chi connectivity index (χ1) is 11.2. The Morgan fingerprint density at radius 2 is 2.12 bits per heavy atom. The van der Waals surface area contributed by atoms with Crippen molar-refractivity contribution < 1.29 is 32.6 Å². The van der Waals surface area contributed by atoms with Crippen molar-refractivity contribution in [3.05, 3.63) is 35.4 Å². The van der Waals surface area contributed by atoms with Gasteiger partial charge in [0, 0.05) is 12.5 Å². The molecule has 132 valence electrons. The Balaban J connectivity index is 2.02.